The molecule has 0 atom stereocenters. The van der Waals surface area contributed by atoms with Crippen LogP contribution < -0.4 is 5.56 Å². The molecule has 0 spiro atoms. The molecule has 0 aliphatic carbocycles. The molecule has 1 rings (SSSR count). The van der Waals surface area contributed by atoms with Gasteiger partial charge in [-0.15, -0.1) is 4.73 Å². The van der Waals surface area contributed by atoms with Gasteiger partial charge in [0.15, 0.2) is 0 Å². The molecule has 0 saturated heterocycles. The number of esters is 1. The minimum atomic E-state index is -0.998. The first kappa shape index (κ1) is 14.0. The zero-order valence-corrected chi connectivity index (χ0v) is 10.5. The first-order chi connectivity index (χ1) is 8.38. The lowest BCUT2D eigenvalue weighted by molar-refractivity contribution is 0.0506. The average molecular weight is 256 g/mol. The Kier molecular flexibility index (Phi) is 4.30. The third kappa shape index (κ3) is 2.79. The van der Waals surface area contributed by atoms with E-state index in [1.807, 2.05) is 13.8 Å². The summed E-state index contributed by atoms with van der Waals surface area (Å²) in [4.78, 5) is 26.6. The molecule has 0 aliphatic rings. The van der Waals surface area contributed by atoms with E-state index in [0.717, 1.165) is 0 Å². The molecule has 7 heteroatoms. The van der Waals surface area contributed by atoms with Crippen LogP contribution in [0.15, 0.2) is 4.79 Å². The Labute approximate surface area is 104 Å². The maximum atomic E-state index is 11.7. The SMILES string of the molecule is CCOC(=O)c1nc(O)c(CC(C)C)n(O)c1=O. The van der Waals surface area contributed by atoms with Crippen molar-refractivity contribution in [2.75, 3.05) is 6.61 Å². The standard InChI is InChI=1S/C11H16N2O5/c1-4-18-11(16)8-10(15)13(17)7(5-6(2)3)9(14)12-8/h6,14,17H,4-5H2,1-3H3. The number of carbonyl (C=O) groups is 1. The van der Waals surface area contributed by atoms with Crippen LogP contribution in [0.2, 0.25) is 0 Å². The Morgan fingerprint density at radius 1 is 1.50 bits per heavy atom. The van der Waals surface area contributed by atoms with Crippen molar-refractivity contribution in [2.45, 2.75) is 27.2 Å². The molecule has 0 aliphatic heterocycles. The van der Waals surface area contributed by atoms with Crippen LogP contribution in [0.5, 0.6) is 5.88 Å². The van der Waals surface area contributed by atoms with Gasteiger partial charge >= 0.3 is 11.5 Å². The molecule has 100 valence electrons. The van der Waals surface area contributed by atoms with E-state index in [1.165, 1.54) is 0 Å². The van der Waals surface area contributed by atoms with Gasteiger partial charge < -0.3 is 15.1 Å². The summed E-state index contributed by atoms with van der Waals surface area (Å²) < 4.78 is 4.85. The largest absolute Gasteiger partial charge is 0.492 e. The van der Waals surface area contributed by atoms with Gasteiger partial charge in [0.25, 0.3) is 0 Å². The predicted octanol–water partition coefficient (Wildman–Crippen LogP) is 0.561. The second-order valence-electron chi connectivity index (χ2n) is 4.17. The molecule has 0 aromatic carbocycles. The maximum absolute atomic E-state index is 11.7. The third-order valence-electron chi connectivity index (χ3n) is 2.20. The highest BCUT2D eigenvalue weighted by Crippen LogP contribution is 2.15. The fraction of sp³-hybridized carbons (Fsp3) is 0.545. The van der Waals surface area contributed by atoms with Crippen molar-refractivity contribution < 1.29 is 19.8 Å². The van der Waals surface area contributed by atoms with E-state index in [2.05, 4.69) is 9.72 Å². The lowest BCUT2D eigenvalue weighted by Gasteiger charge is -2.11. The lowest BCUT2D eigenvalue weighted by atomic mass is 10.1. The molecule has 1 heterocycles. The summed E-state index contributed by atoms with van der Waals surface area (Å²) in [6, 6.07) is 0. The van der Waals surface area contributed by atoms with Crippen LogP contribution in [0.4, 0.5) is 0 Å². The summed E-state index contributed by atoms with van der Waals surface area (Å²) in [6.45, 7) is 5.34. The van der Waals surface area contributed by atoms with E-state index >= 15 is 0 Å². The van der Waals surface area contributed by atoms with E-state index < -0.39 is 23.1 Å². The minimum Gasteiger partial charge on any atom is -0.492 e. The van der Waals surface area contributed by atoms with Crippen LogP contribution in [0, 0.1) is 5.92 Å². The number of nitrogens with zero attached hydrogens (tertiary/aromatic N) is 2. The highest BCUT2D eigenvalue weighted by atomic mass is 16.5. The first-order valence-corrected chi connectivity index (χ1v) is 5.59. The molecule has 0 unspecified atom stereocenters. The van der Waals surface area contributed by atoms with Crippen LogP contribution in [-0.2, 0) is 11.2 Å². The summed E-state index contributed by atoms with van der Waals surface area (Å²) in [6.07, 6.45) is 0.258. The van der Waals surface area contributed by atoms with Gasteiger partial charge in [-0.2, -0.15) is 4.98 Å². The number of ether oxygens (including phenoxy) is 1. The number of hydrogen-bond acceptors (Lipinski definition) is 6. The lowest BCUT2D eigenvalue weighted by Crippen LogP contribution is -2.30. The second kappa shape index (κ2) is 5.52. The van der Waals surface area contributed by atoms with Crippen LogP contribution in [0.1, 0.15) is 37.0 Å². The quantitative estimate of drug-likeness (QED) is 0.603. The monoisotopic (exact) mass is 256 g/mol. The van der Waals surface area contributed by atoms with Crippen molar-refractivity contribution in [3.05, 3.63) is 21.7 Å². The van der Waals surface area contributed by atoms with Gasteiger partial charge in [-0.05, 0) is 19.3 Å². The Morgan fingerprint density at radius 3 is 2.61 bits per heavy atom. The normalized spacial score (nSPS) is 10.7. The fourth-order valence-electron chi connectivity index (χ4n) is 1.43. The Balaban J connectivity index is 3.28. The molecule has 1 aromatic rings. The molecular formula is C11H16N2O5. The van der Waals surface area contributed by atoms with Crippen molar-refractivity contribution in [1.82, 2.24) is 9.71 Å². The Morgan fingerprint density at radius 2 is 2.11 bits per heavy atom. The smallest absolute Gasteiger partial charge is 0.362 e. The van der Waals surface area contributed by atoms with E-state index in [9.17, 15) is 19.9 Å². The van der Waals surface area contributed by atoms with Crippen LogP contribution >= 0.6 is 0 Å². The van der Waals surface area contributed by atoms with Gasteiger partial charge in [-0.1, -0.05) is 13.8 Å². The summed E-state index contributed by atoms with van der Waals surface area (Å²) in [7, 11) is 0. The summed E-state index contributed by atoms with van der Waals surface area (Å²) >= 11 is 0. The van der Waals surface area contributed by atoms with Gasteiger partial charge in [0.1, 0.15) is 5.69 Å². The predicted molar refractivity (Wildman–Crippen MR) is 61.8 cm³/mol. The Bertz CT molecular complexity index is 507. The van der Waals surface area contributed by atoms with Gasteiger partial charge in [0, 0.05) is 0 Å². The zero-order valence-electron chi connectivity index (χ0n) is 10.5. The van der Waals surface area contributed by atoms with Gasteiger partial charge in [0.05, 0.1) is 6.61 Å². The van der Waals surface area contributed by atoms with Crippen molar-refractivity contribution in [3.63, 3.8) is 0 Å². The van der Waals surface area contributed by atoms with Crippen LogP contribution in [0.25, 0.3) is 0 Å². The minimum absolute atomic E-state index is 0.0250. The number of aromatic nitrogens is 2. The van der Waals surface area contributed by atoms with Crippen molar-refractivity contribution >= 4 is 5.97 Å². The van der Waals surface area contributed by atoms with Crippen LogP contribution in [-0.4, -0.2) is 32.6 Å². The Hall–Kier alpha value is -2.05. The molecule has 0 radical (unpaired) electrons. The summed E-state index contributed by atoms with van der Waals surface area (Å²) in [5.74, 6) is -1.42. The molecule has 2 N–H and O–H groups in total. The first-order valence-electron chi connectivity index (χ1n) is 5.59. The van der Waals surface area contributed by atoms with Gasteiger partial charge in [-0.3, -0.25) is 4.79 Å². The number of aromatic hydroxyl groups is 1. The molecule has 7 nitrogen and oxygen atoms in total. The summed E-state index contributed by atoms with van der Waals surface area (Å²) in [5.41, 5.74) is -1.66. The molecular weight excluding hydrogens is 240 g/mol. The molecule has 0 bridgehead atoms. The van der Waals surface area contributed by atoms with E-state index in [-0.39, 0.29) is 29.4 Å². The van der Waals surface area contributed by atoms with Crippen molar-refractivity contribution in [3.8, 4) is 5.88 Å². The van der Waals surface area contributed by atoms with Crippen molar-refractivity contribution in [2.24, 2.45) is 5.92 Å². The zero-order chi connectivity index (χ0) is 13.9. The maximum Gasteiger partial charge on any atom is 0.362 e. The fourth-order valence-corrected chi connectivity index (χ4v) is 1.43. The van der Waals surface area contributed by atoms with E-state index in [1.54, 1.807) is 6.92 Å². The molecule has 1 aromatic heterocycles. The molecule has 0 fully saturated rings. The van der Waals surface area contributed by atoms with Crippen molar-refractivity contribution in [1.29, 1.82) is 0 Å². The third-order valence-corrected chi connectivity index (χ3v) is 2.20. The topological polar surface area (TPSA) is 102 Å². The number of carbonyl (C=O) groups excluding carboxylic acids is 1. The summed E-state index contributed by atoms with van der Waals surface area (Å²) in [5, 5.41) is 19.2. The highest BCUT2D eigenvalue weighted by molar-refractivity contribution is 5.86. The average Bonchev–Trinajstić information content (AvgIpc) is 2.29. The second-order valence-corrected chi connectivity index (χ2v) is 4.17. The molecule has 18 heavy (non-hydrogen) atoms. The van der Waals surface area contributed by atoms with E-state index in [4.69, 9.17) is 0 Å². The molecule has 0 amide bonds. The highest BCUT2D eigenvalue weighted by Gasteiger charge is 2.22. The molecule has 0 saturated carbocycles. The van der Waals surface area contributed by atoms with Gasteiger partial charge in [0.2, 0.25) is 11.6 Å². The number of hydrogen-bond donors (Lipinski definition) is 2. The van der Waals surface area contributed by atoms with Gasteiger partial charge in [-0.25, -0.2) is 4.79 Å². The van der Waals surface area contributed by atoms with E-state index in [0.29, 0.717) is 0 Å². The van der Waals surface area contributed by atoms with Crippen LogP contribution in [0.3, 0.4) is 0 Å². The number of rotatable bonds is 4.